The summed E-state index contributed by atoms with van der Waals surface area (Å²) in [6, 6.07) is 0. The zero-order valence-corrected chi connectivity index (χ0v) is 6.76. The molecule has 0 aliphatic carbocycles. The average Bonchev–Trinajstić information content (AvgIpc) is 2.48. The summed E-state index contributed by atoms with van der Waals surface area (Å²) in [7, 11) is 0. The van der Waals surface area contributed by atoms with Crippen LogP contribution < -0.4 is 11.1 Å². The fourth-order valence-electron chi connectivity index (χ4n) is 1.31. The topological polar surface area (TPSA) is 101 Å². The van der Waals surface area contributed by atoms with E-state index in [1.807, 2.05) is 0 Å². The SMILES string of the molecule is NC(=O)c1[nH]nc2c1NCCC2=O. The van der Waals surface area contributed by atoms with E-state index in [2.05, 4.69) is 15.5 Å². The highest BCUT2D eigenvalue weighted by Crippen LogP contribution is 2.22. The maximum atomic E-state index is 11.2. The molecule has 2 rings (SSSR count). The van der Waals surface area contributed by atoms with Gasteiger partial charge in [0.15, 0.2) is 11.5 Å². The number of anilines is 1. The number of aromatic nitrogens is 2. The van der Waals surface area contributed by atoms with Crippen LogP contribution in [-0.2, 0) is 0 Å². The molecule has 0 unspecified atom stereocenters. The summed E-state index contributed by atoms with van der Waals surface area (Å²) in [6.45, 7) is 0.519. The van der Waals surface area contributed by atoms with Crippen molar-refractivity contribution in [2.45, 2.75) is 6.42 Å². The van der Waals surface area contributed by atoms with E-state index < -0.39 is 5.91 Å². The Labute approximate surface area is 73.5 Å². The van der Waals surface area contributed by atoms with Crippen LogP contribution in [0.25, 0.3) is 0 Å². The second-order valence-corrected chi connectivity index (χ2v) is 2.79. The molecule has 2 heterocycles. The number of carbonyl (C=O) groups excluding carboxylic acids is 2. The van der Waals surface area contributed by atoms with Gasteiger partial charge in [0.05, 0.1) is 5.69 Å². The molecule has 0 bridgehead atoms. The molecule has 1 aromatic heterocycles. The monoisotopic (exact) mass is 180 g/mol. The lowest BCUT2D eigenvalue weighted by molar-refractivity contribution is 0.0977. The van der Waals surface area contributed by atoms with Gasteiger partial charge in [-0.15, -0.1) is 0 Å². The molecule has 0 radical (unpaired) electrons. The first kappa shape index (κ1) is 7.78. The standard InChI is InChI=1S/C7H8N4O2/c8-7(13)6-5-4(10-11-6)3(12)1-2-9-5/h9H,1-2H2,(H2,8,13)(H,10,11). The molecule has 6 heteroatoms. The minimum Gasteiger partial charge on any atom is -0.381 e. The lowest BCUT2D eigenvalue weighted by atomic mass is 10.1. The van der Waals surface area contributed by atoms with E-state index in [-0.39, 0.29) is 17.2 Å². The van der Waals surface area contributed by atoms with Gasteiger partial charge in [-0.05, 0) is 0 Å². The highest BCUT2D eigenvalue weighted by molar-refractivity contribution is 6.07. The Morgan fingerprint density at radius 1 is 1.54 bits per heavy atom. The molecule has 1 amide bonds. The summed E-state index contributed by atoms with van der Waals surface area (Å²) < 4.78 is 0. The Bertz CT molecular complexity index is 368. The highest BCUT2D eigenvalue weighted by atomic mass is 16.1. The number of carbonyl (C=O) groups is 2. The maximum absolute atomic E-state index is 11.2. The molecule has 0 fully saturated rings. The van der Waals surface area contributed by atoms with Gasteiger partial charge < -0.3 is 11.1 Å². The van der Waals surface area contributed by atoms with E-state index in [1.165, 1.54) is 0 Å². The number of nitrogens with zero attached hydrogens (tertiary/aromatic N) is 1. The number of amides is 1. The average molecular weight is 180 g/mol. The molecular formula is C7H8N4O2. The predicted octanol–water partition coefficient (Wildman–Crippen LogP) is -0.493. The molecule has 6 nitrogen and oxygen atoms in total. The minimum absolute atomic E-state index is 0.0718. The molecule has 4 N–H and O–H groups in total. The summed E-state index contributed by atoms with van der Waals surface area (Å²) >= 11 is 0. The summed E-state index contributed by atoms with van der Waals surface area (Å²) in [5, 5.41) is 9.07. The van der Waals surface area contributed by atoms with Crippen molar-refractivity contribution < 1.29 is 9.59 Å². The van der Waals surface area contributed by atoms with Crippen molar-refractivity contribution in [3.8, 4) is 0 Å². The van der Waals surface area contributed by atoms with Gasteiger partial charge in [-0.2, -0.15) is 5.10 Å². The summed E-state index contributed by atoms with van der Waals surface area (Å²) in [4.78, 5) is 22.1. The van der Waals surface area contributed by atoms with Crippen LogP contribution in [0.1, 0.15) is 27.4 Å². The lowest BCUT2D eigenvalue weighted by Gasteiger charge is -2.11. The number of primary amides is 1. The van der Waals surface area contributed by atoms with Crippen molar-refractivity contribution >= 4 is 17.4 Å². The summed E-state index contributed by atoms with van der Waals surface area (Å²) in [5.41, 5.74) is 5.95. The van der Waals surface area contributed by atoms with Crippen molar-refractivity contribution in [1.82, 2.24) is 10.2 Å². The number of hydrogen-bond acceptors (Lipinski definition) is 4. The van der Waals surface area contributed by atoms with Gasteiger partial charge in [-0.25, -0.2) is 0 Å². The van der Waals surface area contributed by atoms with Crippen molar-refractivity contribution in [2.75, 3.05) is 11.9 Å². The van der Waals surface area contributed by atoms with Crippen molar-refractivity contribution in [3.63, 3.8) is 0 Å². The second kappa shape index (κ2) is 2.58. The van der Waals surface area contributed by atoms with E-state index in [0.717, 1.165) is 0 Å². The number of rotatable bonds is 1. The van der Waals surface area contributed by atoms with Crippen molar-refractivity contribution in [2.24, 2.45) is 5.73 Å². The molecular weight excluding hydrogens is 172 g/mol. The Morgan fingerprint density at radius 2 is 2.31 bits per heavy atom. The third-order valence-electron chi connectivity index (χ3n) is 1.93. The number of Topliss-reactive ketones (excluding diaryl/α,β-unsaturated/α-hetero) is 1. The lowest BCUT2D eigenvalue weighted by Crippen LogP contribution is -2.20. The number of H-pyrrole nitrogens is 1. The van der Waals surface area contributed by atoms with Crippen LogP contribution in [0.5, 0.6) is 0 Å². The molecule has 0 aromatic carbocycles. The Kier molecular flexibility index (Phi) is 1.54. The van der Waals surface area contributed by atoms with Crippen molar-refractivity contribution in [1.29, 1.82) is 0 Å². The van der Waals surface area contributed by atoms with E-state index >= 15 is 0 Å². The van der Waals surface area contributed by atoms with E-state index in [9.17, 15) is 9.59 Å². The number of nitrogens with two attached hydrogens (primary N) is 1. The quantitative estimate of drug-likeness (QED) is 0.542. The third kappa shape index (κ3) is 1.07. The van der Waals surface area contributed by atoms with Crippen LogP contribution >= 0.6 is 0 Å². The maximum Gasteiger partial charge on any atom is 0.268 e. The Hall–Kier alpha value is -1.85. The molecule has 1 aliphatic heterocycles. The zero-order chi connectivity index (χ0) is 9.42. The van der Waals surface area contributed by atoms with Gasteiger partial charge in [0.1, 0.15) is 5.69 Å². The number of aromatic amines is 1. The largest absolute Gasteiger partial charge is 0.381 e. The van der Waals surface area contributed by atoms with Crippen LogP contribution in [0.15, 0.2) is 0 Å². The molecule has 1 aromatic rings. The van der Waals surface area contributed by atoms with Crippen LogP contribution in [0.2, 0.25) is 0 Å². The second-order valence-electron chi connectivity index (χ2n) is 2.79. The van der Waals surface area contributed by atoms with E-state index in [4.69, 9.17) is 5.73 Å². The first-order valence-electron chi connectivity index (χ1n) is 3.85. The fourth-order valence-corrected chi connectivity index (χ4v) is 1.31. The summed E-state index contributed by atoms with van der Waals surface area (Å²) in [6.07, 6.45) is 0.399. The number of nitrogens with one attached hydrogen (secondary N) is 2. The fraction of sp³-hybridized carbons (Fsp3) is 0.286. The van der Waals surface area contributed by atoms with Crippen LogP contribution in [0, 0.1) is 0 Å². The molecule has 0 spiro atoms. The third-order valence-corrected chi connectivity index (χ3v) is 1.93. The van der Waals surface area contributed by atoms with E-state index in [0.29, 0.717) is 18.7 Å². The zero-order valence-electron chi connectivity index (χ0n) is 6.76. The normalized spacial score (nSPS) is 14.9. The van der Waals surface area contributed by atoms with E-state index in [1.54, 1.807) is 0 Å². The minimum atomic E-state index is -0.615. The van der Waals surface area contributed by atoms with Gasteiger partial charge in [-0.1, -0.05) is 0 Å². The Morgan fingerprint density at radius 3 is 3.00 bits per heavy atom. The molecule has 1 aliphatic rings. The molecule has 0 saturated carbocycles. The van der Waals surface area contributed by atoms with Gasteiger partial charge in [-0.3, -0.25) is 14.7 Å². The first-order chi connectivity index (χ1) is 6.20. The van der Waals surface area contributed by atoms with Crippen LogP contribution in [-0.4, -0.2) is 28.4 Å². The van der Waals surface area contributed by atoms with Gasteiger partial charge in [0.2, 0.25) is 0 Å². The van der Waals surface area contributed by atoms with Gasteiger partial charge in [0, 0.05) is 13.0 Å². The summed E-state index contributed by atoms with van der Waals surface area (Å²) in [5.74, 6) is -0.687. The smallest absolute Gasteiger partial charge is 0.268 e. The Balaban J connectivity index is 2.53. The molecule has 68 valence electrons. The molecule has 0 saturated heterocycles. The predicted molar refractivity (Wildman–Crippen MR) is 44.5 cm³/mol. The van der Waals surface area contributed by atoms with Crippen molar-refractivity contribution in [3.05, 3.63) is 11.4 Å². The van der Waals surface area contributed by atoms with Gasteiger partial charge >= 0.3 is 0 Å². The van der Waals surface area contributed by atoms with Crippen LogP contribution in [0.4, 0.5) is 5.69 Å². The highest BCUT2D eigenvalue weighted by Gasteiger charge is 2.25. The van der Waals surface area contributed by atoms with Crippen LogP contribution in [0.3, 0.4) is 0 Å². The molecule has 13 heavy (non-hydrogen) atoms. The molecule has 0 atom stereocenters. The first-order valence-corrected chi connectivity index (χ1v) is 3.85. The number of hydrogen-bond donors (Lipinski definition) is 3. The number of ketones is 1. The number of fused-ring (bicyclic) bond motifs is 1. The van der Waals surface area contributed by atoms with Gasteiger partial charge in [0.25, 0.3) is 5.91 Å².